The lowest BCUT2D eigenvalue weighted by molar-refractivity contribution is -0.152. The number of nitrogens with one attached hydrogen (secondary N) is 2. The smallest absolute Gasteiger partial charge is 0.243 e. The van der Waals surface area contributed by atoms with Crippen LogP contribution in [-0.4, -0.2) is 40.7 Å². The number of rotatable bonds is 4. The summed E-state index contributed by atoms with van der Waals surface area (Å²) in [4.78, 5) is 39.8. The van der Waals surface area contributed by atoms with Crippen molar-refractivity contribution in [2.45, 2.75) is 63.1 Å². The van der Waals surface area contributed by atoms with E-state index in [0.717, 1.165) is 38.5 Å². The maximum Gasteiger partial charge on any atom is 0.243 e. The van der Waals surface area contributed by atoms with Gasteiger partial charge in [-0.25, -0.2) is 4.39 Å². The molecule has 7 heteroatoms. The molecule has 1 aromatic rings. The first kappa shape index (κ1) is 17.9. The van der Waals surface area contributed by atoms with Crippen LogP contribution in [-0.2, 0) is 14.4 Å². The van der Waals surface area contributed by atoms with E-state index in [4.69, 9.17) is 0 Å². The zero-order chi connectivity index (χ0) is 19.0. The Labute approximate surface area is 157 Å². The molecule has 6 nitrogen and oxygen atoms in total. The molecule has 2 aliphatic carbocycles. The molecule has 4 rings (SSSR count). The minimum Gasteiger partial charge on any atom is -0.349 e. The third-order valence-corrected chi connectivity index (χ3v) is 5.74. The number of amides is 3. The Kier molecular flexibility index (Phi) is 4.85. The third-order valence-electron chi connectivity index (χ3n) is 5.74. The van der Waals surface area contributed by atoms with Crippen molar-refractivity contribution in [2.24, 2.45) is 5.92 Å². The molecule has 0 unspecified atom stereocenters. The van der Waals surface area contributed by atoms with Crippen LogP contribution < -0.4 is 10.6 Å². The predicted octanol–water partition coefficient (Wildman–Crippen LogP) is 2.20. The van der Waals surface area contributed by atoms with Crippen LogP contribution >= 0.6 is 0 Å². The van der Waals surface area contributed by atoms with Crippen LogP contribution in [0.1, 0.15) is 44.9 Å². The van der Waals surface area contributed by atoms with E-state index in [-0.39, 0.29) is 48.0 Å². The van der Waals surface area contributed by atoms with E-state index in [1.807, 2.05) is 0 Å². The maximum atomic E-state index is 13.0. The van der Waals surface area contributed by atoms with E-state index in [9.17, 15) is 18.8 Å². The number of piperazine rings is 1. The molecule has 0 bridgehead atoms. The van der Waals surface area contributed by atoms with Crippen molar-refractivity contribution < 1.29 is 18.8 Å². The van der Waals surface area contributed by atoms with Gasteiger partial charge in [-0.1, -0.05) is 12.8 Å². The van der Waals surface area contributed by atoms with Crippen LogP contribution in [0.15, 0.2) is 24.3 Å². The summed E-state index contributed by atoms with van der Waals surface area (Å²) in [5, 5.41) is 5.72. The van der Waals surface area contributed by atoms with Gasteiger partial charge in [0.05, 0.1) is 12.5 Å². The lowest BCUT2D eigenvalue weighted by Crippen LogP contribution is -2.68. The lowest BCUT2D eigenvalue weighted by atomic mass is 9.85. The quantitative estimate of drug-likeness (QED) is 0.849. The molecular weight excluding hydrogens is 349 g/mol. The first-order chi connectivity index (χ1) is 13.0. The number of carbonyl (C=O) groups is 3. The molecular formula is C20H24FN3O3. The second-order valence-electron chi connectivity index (χ2n) is 7.76. The maximum absolute atomic E-state index is 13.0. The van der Waals surface area contributed by atoms with Crippen LogP contribution in [0.25, 0.3) is 0 Å². The summed E-state index contributed by atoms with van der Waals surface area (Å²) in [7, 11) is 0. The Morgan fingerprint density at radius 2 is 1.81 bits per heavy atom. The molecule has 1 saturated heterocycles. The fraction of sp³-hybridized carbons (Fsp3) is 0.550. The summed E-state index contributed by atoms with van der Waals surface area (Å²) in [6.07, 6.45) is 5.44. The van der Waals surface area contributed by atoms with Crippen molar-refractivity contribution >= 4 is 23.4 Å². The van der Waals surface area contributed by atoms with Gasteiger partial charge in [0.2, 0.25) is 17.7 Å². The SMILES string of the molecule is O=C(C[C@@H]1C(=O)N[C@@H]2CCCC[C@H]2N1C(=O)C1CC1)Nc1ccc(F)cc1. The van der Waals surface area contributed by atoms with Crippen molar-refractivity contribution in [1.29, 1.82) is 0 Å². The number of carbonyl (C=O) groups excluding carboxylic acids is 3. The zero-order valence-electron chi connectivity index (χ0n) is 15.1. The fourth-order valence-corrected chi connectivity index (χ4v) is 4.22. The van der Waals surface area contributed by atoms with Crippen molar-refractivity contribution in [3.8, 4) is 0 Å². The number of halogens is 1. The Hall–Kier alpha value is -2.44. The average Bonchev–Trinajstić information content (AvgIpc) is 3.49. The molecule has 3 atom stereocenters. The molecule has 3 aliphatic rings. The molecule has 1 aliphatic heterocycles. The van der Waals surface area contributed by atoms with Gasteiger partial charge >= 0.3 is 0 Å². The van der Waals surface area contributed by atoms with Crippen LogP contribution in [0.4, 0.5) is 10.1 Å². The van der Waals surface area contributed by atoms with E-state index in [1.54, 1.807) is 4.90 Å². The molecule has 0 radical (unpaired) electrons. The highest BCUT2D eigenvalue weighted by Gasteiger charge is 2.48. The van der Waals surface area contributed by atoms with E-state index < -0.39 is 6.04 Å². The van der Waals surface area contributed by atoms with E-state index in [1.165, 1.54) is 24.3 Å². The van der Waals surface area contributed by atoms with Crippen LogP contribution in [0, 0.1) is 11.7 Å². The van der Waals surface area contributed by atoms with Gasteiger partial charge in [0.25, 0.3) is 0 Å². The normalized spacial score (nSPS) is 27.5. The largest absolute Gasteiger partial charge is 0.349 e. The summed E-state index contributed by atoms with van der Waals surface area (Å²) >= 11 is 0. The molecule has 1 heterocycles. The number of fused-ring (bicyclic) bond motifs is 1. The van der Waals surface area contributed by atoms with Crippen molar-refractivity contribution in [3.63, 3.8) is 0 Å². The Bertz CT molecular complexity index is 747. The highest BCUT2D eigenvalue weighted by molar-refractivity contribution is 5.98. The number of hydrogen-bond acceptors (Lipinski definition) is 3. The average molecular weight is 373 g/mol. The Morgan fingerprint density at radius 3 is 2.52 bits per heavy atom. The minimum atomic E-state index is -0.780. The van der Waals surface area contributed by atoms with Crippen LogP contribution in [0.5, 0.6) is 0 Å². The predicted molar refractivity (Wildman–Crippen MR) is 97.2 cm³/mol. The second kappa shape index (κ2) is 7.29. The van der Waals surface area contributed by atoms with E-state index >= 15 is 0 Å². The van der Waals surface area contributed by atoms with Crippen molar-refractivity contribution in [2.75, 3.05) is 5.32 Å². The number of nitrogens with zero attached hydrogens (tertiary/aromatic N) is 1. The van der Waals surface area contributed by atoms with Gasteiger partial charge < -0.3 is 15.5 Å². The third kappa shape index (κ3) is 3.82. The van der Waals surface area contributed by atoms with Crippen LogP contribution in [0.2, 0.25) is 0 Å². The fourth-order valence-electron chi connectivity index (χ4n) is 4.22. The Balaban J connectivity index is 1.51. The monoisotopic (exact) mass is 373 g/mol. The first-order valence-electron chi connectivity index (χ1n) is 9.71. The molecule has 2 N–H and O–H groups in total. The van der Waals surface area contributed by atoms with Gasteiger partial charge in [-0.3, -0.25) is 14.4 Å². The standard InChI is InChI=1S/C20H24FN3O3/c21-13-7-9-14(10-8-13)22-18(25)11-17-19(26)23-15-3-1-2-4-16(15)24(17)20(27)12-5-6-12/h7-10,12,15-17H,1-6,11H2,(H,22,25)(H,23,26)/t15-,16-,17-/m1/s1. The van der Waals surface area contributed by atoms with Gasteiger partial charge in [0, 0.05) is 17.6 Å². The minimum absolute atomic E-state index is 0.00105. The molecule has 0 spiro atoms. The Morgan fingerprint density at radius 1 is 1.11 bits per heavy atom. The summed E-state index contributed by atoms with van der Waals surface area (Å²) in [5.41, 5.74) is 0.466. The number of benzene rings is 1. The first-order valence-corrected chi connectivity index (χ1v) is 9.71. The second-order valence-corrected chi connectivity index (χ2v) is 7.76. The summed E-state index contributed by atoms with van der Waals surface area (Å²) in [6, 6.07) is 4.66. The number of hydrogen-bond donors (Lipinski definition) is 2. The molecule has 3 amide bonds. The molecule has 3 fully saturated rings. The van der Waals surface area contributed by atoms with Gasteiger partial charge in [-0.2, -0.15) is 0 Å². The van der Waals surface area contributed by atoms with Gasteiger partial charge in [-0.05, 0) is 49.9 Å². The lowest BCUT2D eigenvalue weighted by Gasteiger charge is -2.48. The highest BCUT2D eigenvalue weighted by Crippen LogP contribution is 2.37. The van der Waals surface area contributed by atoms with Crippen molar-refractivity contribution in [3.05, 3.63) is 30.1 Å². The summed E-state index contributed by atoms with van der Waals surface area (Å²) in [6.45, 7) is 0. The molecule has 1 aromatic carbocycles. The summed E-state index contributed by atoms with van der Waals surface area (Å²) in [5.74, 6) is -0.974. The molecule has 2 saturated carbocycles. The highest BCUT2D eigenvalue weighted by atomic mass is 19.1. The van der Waals surface area contributed by atoms with Crippen LogP contribution in [0.3, 0.4) is 0 Å². The van der Waals surface area contributed by atoms with E-state index in [0.29, 0.717) is 5.69 Å². The molecule has 144 valence electrons. The van der Waals surface area contributed by atoms with Gasteiger partial charge in [0.15, 0.2) is 0 Å². The number of anilines is 1. The molecule has 27 heavy (non-hydrogen) atoms. The summed E-state index contributed by atoms with van der Waals surface area (Å²) < 4.78 is 13.0. The zero-order valence-corrected chi connectivity index (χ0v) is 15.1. The van der Waals surface area contributed by atoms with Gasteiger partial charge in [-0.15, -0.1) is 0 Å². The van der Waals surface area contributed by atoms with Crippen molar-refractivity contribution in [1.82, 2.24) is 10.2 Å². The van der Waals surface area contributed by atoms with Gasteiger partial charge in [0.1, 0.15) is 11.9 Å². The molecule has 0 aromatic heterocycles. The van der Waals surface area contributed by atoms with E-state index in [2.05, 4.69) is 10.6 Å². The topological polar surface area (TPSA) is 78.5 Å².